The number of anilines is 1. The Kier molecular flexibility index (Phi) is 6.91. The van der Waals surface area contributed by atoms with Gasteiger partial charge in [0, 0.05) is 17.7 Å². The van der Waals surface area contributed by atoms with Crippen LogP contribution in [0.4, 0.5) is 9.57 Å². The largest absolute Gasteiger partial charge is 0.484 e. The van der Waals surface area contributed by atoms with E-state index in [9.17, 15) is 17.1 Å². The first-order chi connectivity index (χ1) is 14.2. The van der Waals surface area contributed by atoms with Crippen molar-refractivity contribution in [3.63, 3.8) is 0 Å². The normalized spacial score (nSPS) is 11.2. The number of amides is 1. The van der Waals surface area contributed by atoms with Crippen molar-refractivity contribution in [2.45, 2.75) is 11.4 Å². The molecule has 0 atom stereocenters. The summed E-state index contributed by atoms with van der Waals surface area (Å²) in [6.45, 7) is -0.154. The van der Waals surface area contributed by atoms with Gasteiger partial charge in [0.15, 0.2) is 25.5 Å². The SMILES string of the molecule is O=C(COc1ccc(Cl)c(Cl)c1)Nc1ccc[n+](Cc2ccccc2S(=O)(=O)F)c1. The third-order valence-corrected chi connectivity index (χ3v) is 5.65. The lowest BCUT2D eigenvalue weighted by Gasteiger charge is -2.08. The highest BCUT2D eigenvalue weighted by Crippen LogP contribution is 2.26. The highest BCUT2D eigenvalue weighted by Gasteiger charge is 2.19. The fraction of sp³-hybridized carbons (Fsp3) is 0.100. The average Bonchev–Trinajstić information content (AvgIpc) is 2.69. The van der Waals surface area contributed by atoms with Crippen LogP contribution in [0.25, 0.3) is 0 Å². The quantitative estimate of drug-likeness (QED) is 0.419. The standard InChI is InChI=1S/C20H15Cl2FN2O4S/c21-17-8-7-16(10-18(17)22)29-13-20(26)24-15-5-3-9-25(12-15)11-14-4-1-2-6-19(14)30(23,27)28/h1-10,12H,11,13H2/p+1. The van der Waals surface area contributed by atoms with Crippen LogP contribution in [0, 0.1) is 0 Å². The van der Waals surface area contributed by atoms with Gasteiger partial charge in [0.25, 0.3) is 5.91 Å². The van der Waals surface area contributed by atoms with E-state index < -0.39 is 16.1 Å². The number of halogens is 3. The number of carbonyl (C=O) groups is 1. The molecule has 0 unspecified atom stereocenters. The summed E-state index contributed by atoms with van der Waals surface area (Å²) in [7, 11) is -4.84. The predicted molar refractivity (Wildman–Crippen MR) is 111 cm³/mol. The van der Waals surface area contributed by atoms with E-state index in [0.29, 0.717) is 21.5 Å². The Bertz CT molecular complexity index is 1190. The molecule has 2 aromatic carbocycles. The van der Waals surface area contributed by atoms with Crippen molar-refractivity contribution < 1.29 is 26.4 Å². The molecule has 10 heteroatoms. The Morgan fingerprint density at radius 1 is 1.07 bits per heavy atom. The average molecular weight is 470 g/mol. The van der Waals surface area contributed by atoms with Crippen molar-refractivity contribution in [2.24, 2.45) is 0 Å². The van der Waals surface area contributed by atoms with Crippen molar-refractivity contribution in [1.29, 1.82) is 0 Å². The van der Waals surface area contributed by atoms with Crippen LogP contribution in [0.1, 0.15) is 5.56 Å². The molecule has 1 N–H and O–H groups in total. The van der Waals surface area contributed by atoms with Crippen molar-refractivity contribution >= 4 is 45.0 Å². The molecule has 6 nitrogen and oxygen atoms in total. The minimum absolute atomic E-state index is 0.100. The first kappa shape index (κ1) is 22.0. The van der Waals surface area contributed by atoms with Crippen LogP contribution < -0.4 is 14.6 Å². The van der Waals surface area contributed by atoms with Crippen LogP contribution in [0.5, 0.6) is 5.75 Å². The van der Waals surface area contributed by atoms with E-state index in [4.69, 9.17) is 27.9 Å². The van der Waals surface area contributed by atoms with Gasteiger partial charge in [-0.05, 0) is 24.3 Å². The van der Waals surface area contributed by atoms with Gasteiger partial charge < -0.3 is 10.1 Å². The molecular formula is C20H16Cl2FN2O4S+. The van der Waals surface area contributed by atoms with Gasteiger partial charge in [-0.25, -0.2) is 0 Å². The van der Waals surface area contributed by atoms with Crippen LogP contribution in [0.3, 0.4) is 0 Å². The van der Waals surface area contributed by atoms with E-state index >= 15 is 0 Å². The van der Waals surface area contributed by atoms with Crippen LogP contribution >= 0.6 is 23.2 Å². The minimum Gasteiger partial charge on any atom is -0.484 e. The molecule has 0 saturated heterocycles. The van der Waals surface area contributed by atoms with Gasteiger partial charge in [0.05, 0.1) is 10.0 Å². The number of benzene rings is 2. The van der Waals surface area contributed by atoms with E-state index in [0.717, 1.165) is 0 Å². The summed E-state index contributed by atoms with van der Waals surface area (Å²) >= 11 is 11.7. The van der Waals surface area contributed by atoms with Crippen molar-refractivity contribution in [1.82, 2.24) is 0 Å². The van der Waals surface area contributed by atoms with E-state index in [2.05, 4.69) is 5.32 Å². The number of nitrogens with zero attached hydrogens (tertiary/aromatic N) is 1. The molecule has 156 valence electrons. The van der Waals surface area contributed by atoms with Crippen LogP contribution in [-0.4, -0.2) is 20.9 Å². The molecule has 1 heterocycles. The molecule has 0 radical (unpaired) electrons. The van der Waals surface area contributed by atoms with E-state index in [1.807, 2.05) is 0 Å². The van der Waals surface area contributed by atoms with Crippen LogP contribution in [-0.2, 0) is 21.6 Å². The second-order valence-corrected chi connectivity index (χ2v) is 8.35. The van der Waals surface area contributed by atoms with Crippen LogP contribution in [0.2, 0.25) is 10.0 Å². The molecule has 3 rings (SSSR count). The summed E-state index contributed by atoms with van der Waals surface area (Å²) < 4.78 is 43.1. The fourth-order valence-electron chi connectivity index (χ4n) is 2.68. The number of hydrogen-bond donors (Lipinski definition) is 1. The lowest BCUT2D eigenvalue weighted by Crippen LogP contribution is -2.34. The molecule has 1 aromatic heterocycles. The Labute approximate surface area is 183 Å². The van der Waals surface area contributed by atoms with E-state index in [1.165, 1.54) is 24.3 Å². The summed E-state index contributed by atoms with van der Waals surface area (Å²) in [4.78, 5) is 11.8. The smallest absolute Gasteiger partial charge is 0.332 e. The first-order valence-electron chi connectivity index (χ1n) is 8.62. The minimum atomic E-state index is -4.84. The summed E-state index contributed by atoms with van der Waals surface area (Å²) in [5.41, 5.74) is 0.747. The second kappa shape index (κ2) is 9.42. The zero-order chi connectivity index (χ0) is 21.7. The van der Waals surface area contributed by atoms with Gasteiger partial charge >= 0.3 is 10.2 Å². The molecule has 30 heavy (non-hydrogen) atoms. The predicted octanol–water partition coefficient (Wildman–Crippen LogP) is 4.00. The third-order valence-electron chi connectivity index (χ3n) is 3.99. The number of aromatic nitrogens is 1. The number of ether oxygens (including phenoxy) is 1. The molecule has 3 aromatic rings. The Balaban J connectivity index is 1.66. The van der Waals surface area contributed by atoms with Gasteiger partial charge in [-0.2, -0.15) is 13.0 Å². The van der Waals surface area contributed by atoms with Gasteiger partial charge in [0.2, 0.25) is 0 Å². The molecule has 0 aliphatic rings. The summed E-state index contributed by atoms with van der Waals surface area (Å²) in [6.07, 6.45) is 3.27. The maximum Gasteiger partial charge on any atom is 0.332 e. The Morgan fingerprint density at radius 2 is 1.83 bits per heavy atom. The molecule has 0 saturated carbocycles. The molecule has 0 aliphatic carbocycles. The number of rotatable bonds is 7. The number of nitrogens with one attached hydrogen (secondary N) is 1. The third kappa shape index (κ3) is 5.91. The van der Waals surface area contributed by atoms with E-state index in [1.54, 1.807) is 47.3 Å². The zero-order valence-corrected chi connectivity index (χ0v) is 17.7. The Hall–Kier alpha value is -2.68. The van der Waals surface area contributed by atoms with Crippen molar-refractivity contribution in [2.75, 3.05) is 11.9 Å². The lowest BCUT2D eigenvalue weighted by atomic mass is 10.2. The number of carbonyl (C=O) groups excluding carboxylic acids is 1. The molecular weight excluding hydrogens is 454 g/mol. The van der Waals surface area contributed by atoms with Crippen LogP contribution in [0.15, 0.2) is 71.9 Å². The van der Waals surface area contributed by atoms with E-state index in [-0.39, 0.29) is 23.6 Å². The highest BCUT2D eigenvalue weighted by atomic mass is 35.5. The maximum atomic E-state index is 13.5. The zero-order valence-electron chi connectivity index (χ0n) is 15.4. The van der Waals surface area contributed by atoms with Gasteiger partial charge in [-0.15, -0.1) is 3.89 Å². The van der Waals surface area contributed by atoms with Crippen molar-refractivity contribution in [3.8, 4) is 5.75 Å². The Morgan fingerprint density at radius 3 is 2.57 bits per heavy atom. The molecule has 0 aliphatic heterocycles. The molecule has 0 spiro atoms. The topological polar surface area (TPSA) is 76.3 Å². The summed E-state index contributed by atoms with van der Waals surface area (Å²) in [6, 6.07) is 13.8. The monoisotopic (exact) mass is 469 g/mol. The van der Waals surface area contributed by atoms with Gasteiger partial charge in [-0.3, -0.25) is 4.79 Å². The summed E-state index contributed by atoms with van der Waals surface area (Å²) in [5.74, 6) is -0.0164. The fourth-order valence-corrected chi connectivity index (χ4v) is 3.65. The lowest BCUT2D eigenvalue weighted by molar-refractivity contribution is -0.688. The van der Waals surface area contributed by atoms with Gasteiger partial charge in [-0.1, -0.05) is 41.4 Å². The second-order valence-electron chi connectivity index (χ2n) is 6.22. The first-order valence-corrected chi connectivity index (χ1v) is 10.8. The molecule has 0 fully saturated rings. The van der Waals surface area contributed by atoms with Gasteiger partial charge in [0.1, 0.15) is 16.3 Å². The number of hydrogen-bond acceptors (Lipinski definition) is 4. The number of pyridine rings is 1. The summed E-state index contributed by atoms with van der Waals surface area (Å²) in [5, 5.41) is 3.37. The van der Waals surface area contributed by atoms with Crippen molar-refractivity contribution in [3.05, 3.63) is 82.6 Å². The highest BCUT2D eigenvalue weighted by molar-refractivity contribution is 7.86. The maximum absolute atomic E-state index is 13.5. The molecule has 0 bridgehead atoms. The molecule has 1 amide bonds.